The van der Waals surface area contributed by atoms with Gasteiger partial charge in [0.15, 0.2) is 0 Å². The molecule has 7 heteroatoms. The molecular formula is C17H23ClN2O3S. The highest BCUT2D eigenvalue weighted by Gasteiger charge is 2.46. The topological polar surface area (TPSA) is 66.5 Å². The fourth-order valence-corrected chi connectivity index (χ4v) is 4.25. The minimum Gasteiger partial charge on any atom is -0.342 e. The van der Waals surface area contributed by atoms with E-state index in [1.807, 2.05) is 29.2 Å². The number of carbonyl (C=O) groups excluding carboxylic acids is 1. The third kappa shape index (κ3) is 4.49. The lowest BCUT2D eigenvalue weighted by molar-refractivity contribution is -0.134. The number of hydrogen-bond donors (Lipinski definition) is 1. The molecule has 3 unspecified atom stereocenters. The lowest BCUT2D eigenvalue weighted by Gasteiger charge is -2.33. The van der Waals surface area contributed by atoms with Crippen molar-refractivity contribution in [2.45, 2.75) is 25.2 Å². The van der Waals surface area contributed by atoms with E-state index in [2.05, 4.69) is 4.72 Å². The number of rotatable bonds is 5. The molecule has 0 spiro atoms. The van der Waals surface area contributed by atoms with Crippen LogP contribution in [0.4, 0.5) is 0 Å². The maximum absolute atomic E-state index is 12.7. The number of hydrogen-bond acceptors (Lipinski definition) is 3. The van der Waals surface area contributed by atoms with Gasteiger partial charge in [-0.25, -0.2) is 13.1 Å². The van der Waals surface area contributed by atoms with Crippen molar-refractivity contribution in [1.29, 1.82) is 0 Å². The number of halogens is 1. The second-order valence-corrected chi connectivity index (χ2v) is 9.19. The highest BCUT2D eigenvalue weighted by atomic mass is 35.5. The lowest BCUT2D eigenvalue weighted by Crippen LogP contribution is -2.44. The summed E-state index contributed by atoms with van der Waals surface area (Å²) in [5.74, 6) is 0.709. The van der Waals surface area contributed by atoms with Crippen LogP contribution in [0, 0.1) is 11.8 Å². The first-order valence-corrected chi connectivity index (χ1v) is 10.6. The number of piperidine rings is 1. The molecule has 5 nitrogen and oxygen atoms in total. The van der Waals surface area contributed by atoms with Crippen LogP contribution in [0.5, 0.6) is 0 Å². The Morgan fingerprint density at radius 1 is 1.42 bits per heavy atom. The van der Waals surface area contributed by atoms with Gasteiger partial charge < -0.3 is 4.90 Å². The average Bonchev–Trinajstić information content (AvgIpc) is 3.32. The Morgan fingerprint density at radius 3 is 2.92 bits per heavy atom. The van der Waals surface area contributed by atoms with Crippen molar-refractivity contribution < 1.29 is 13.2 Å². The summed E-state index contributed by atoms with van der Waals surface area (Å²) in [6.45, 7) is 1.82. The molecule has 1 aliphatic heterocycles. The second kappa shape index (κ2) is 7.02. The van der Waals surface area contributed by atoms with E-state index in [-0.39, 0.29) is 23.7 Å². The first-order chi connectivity index (χ1) is 11.3. The van der Waals surface area contributed by atoms with E-state index in [0.29, 0.717) is 18.1 Å². The zero-order valence-electron chi connectivity index (χ0n) is 13.7. The Morgan fingerprint density at radius 2 is 2.21 bits per heavy atom. The van der Waals surface area contributed by atoms with E-state index < -0.39 is 10.0 Å². The monoisotopic (exact) mass is 370 g/mol. The number of benzene rings is 1. The zero-order chi connectivity index (χ0) is 17.3. The summed E-state index contributed by atoms with van der Waals surface area (Å²) in [5.41, 5.74) is 1.13. The zero-order valence-corrected chi connectivity index (χ0v) is 15.3. The quantitative estimate of drug-likeness (QED) is 0.864. The highest BCUT2D eigenvalue weighted by molar-refractivity contribution is 7.88. The average molecular weight is 371 g/mol. The summed E-state index contributed by atoms with van der Waals surface area (Å²) in [4.78, 5) is 14.6. The molecule has 1 aromatic rings. The standard InChI is InChI=1S/C17H23ClN2O3S/c1-24(22,23)19-10-12-4-3-7-20(11-12)17(21)16-9-15(16)13-5-2-6-14(18)8-13/h2,5-6,8,12,15-16,19H,3-4,7,9-11H2,1H3. The van der Waals surface area contributed by atoms with Crippen LogP contribution in [-0.2, 0) is 14.8 Å². The van der Waals surface area contributed by atoms with Crippen LogP contribution in [0.25, 0.3) is 0 Å². The minimum atomic E-state index is -3.18. The summed E-state index contributed by atoms with van der Waals surface area (Å²) in [6, 6.07) is 7.73. The van der Waals surface area contributed by atoms with E-state index in [4.69, 9.17) is 11.6 Å². The van der Waals surface area contributed by atoms with Gasteiger partial charge in [-0.3, -0.25) is 4.79 Å². The van der Waals surface area contributed by atoms with Gasteiger partial charge in [-0.05, 0) is 48.8 Å². The van der Waals surface area contributed by atoms with Crippen LogP contribution >= 0.6 is 11.6 Å². The molecule has 1 saturated carbocycles. The molecule has 3 atom stereocenters. The van der Waals surface area contributed by atoms with E-state index in [9.17, 15) is 13.2 Å². The van der Waals surface area contributed by atoms with Crippen LogP contribution in [0.2, 0.25) is 5.02 Å². The van der Waals surface area contributed by atoms with Crippen LogP contribution < -0.4 is 4.72 Å². The normalized spacial score (nSPS) is 27.1. The Bertz CT molecular complexity index is 722. The lowest BCUT2D eigenvalue weighted by atomic mass is 9.97. The summed E-state index contributed by atoms with van der Waals surface area (Å²) in [6.07, 6.45) is 3.92. The van der Waals surface area contributed by atoms with Crippen LogP contribution in [-0.4, -0.2) is 45.1 Å². The van der Waals surface area contributed by atoms with Gasteiger partial charge in [0.05, 0.1) is 6.26 Å². The molecule has 1 aliphatic carbocycles. The predicted molar refractivity (Wildman–Crippen MR) is 94.5 cm³/mol. The van der Waals surface area contributed by atoms with Gasteiger partial charge in [-0.15, -0.1) is 0 Å². The number of nitrogens with zero attached hydrogens (tertiary/aromatic N) is 1. The predicted octanol–water partition coefficient (Wildman–Crippen LogP) is 2.23. The van der Waals surface area contributed by atoms with Gasteiger partial charge in [0.25, 0.3) is 0 Å². The second-order valence-electron chi connectivity index (χ2n) is 6.92. The van der Waals surface area contributed by atoms with Crippen LogP contribution in [0.1, 0.15) is 30.7 Å². The molecular weight excluding hydrogens is 348 g/mol. The highest BCUT2D eigenvalue weighted by Crippen LogP contribution is 2.49. The maximum Gasteiger partial charge on any atom is 0.226 e. The van der Waals surface area contributed by atoms with Crippen LogP contribution in [0.3, 0.4) is 0 Å². The van der Waals surface area contributed by atoms with E-state index >= 15 is 0 Å². The molecule has 1 aromatic carbocycles. The van der Waals surface area contributed by atoms with Gasteiger partial charge in [0.1, 0.15) is 0 Å². The van der Waals surface area contributed by atoms with Crippen molar-refractivity contribution >= 4 is 27.5 Å². The third-order valence-electron chi connectivity index (χ3n) is 4.85. The van der Waals surface area contributed by atoms with Crippen molar-refractivity contribution in [3.05, 3.63) is 34.9 Å². The summed E-state index contributed by atoms with van der Waals surface area (Å²) >= 11 is 6.03. The Labute approximate surface area is 148 Å². The molecule has 0 aromatic heterocycles. The largest absolute Gasteiger partial charge is 0.342 e. The van der Waals surface area contributed by atoms with Crippen molar-refractivity contribution in [2.24, 2.45) is 11.8 Å². The number of sulfonamides is 1. The van der Waals surface area contributed by atoms with Crippen LogP contribution in [0.15, 0.2) is 24.3 Å². The molecule has 1 saturated heterocycles. The SMILES string of the molecule is CS(=O)(=O)NCC1CCCN(C(=O)C2CC2c2cccc(Cl)c2)C1. The molecule has 2 aliphatic rings. The molecule has 0 bridgehead atoms. The fourth-order valence-electron chi connectivity index (χ4n) is 3.51. The summed E-state index contributed by atoms with van der Waals surface area (Å²) < 4.78 is 25.0. The molecule has 2 fully saturated rings. The number of nitrogens with one attached hydrogen (secondary N) is 1. The number of carbonyl (C=O) groups is 1. The Kier molecular flexibility index (Phi) is 5.18. The molecule has 1 N–H and O–H groups in total. The molecule has 1 heterocycles. The molecule has 132 valence electrons. The fraction of sp³-hybridized carbons (Fsp3) is 0.588. The maximum atomic E-state index is 12.7. The number of amides is 1. The van der Waals surface area contributed by atoms with Crippen molar-refractivity contribution in [3.8, 4) is 0 Å². The third-order valence-corrected chi connectivity index (χ3v) is 5.78. The Hall–Kier alpha value is -1.11. The number of likely N-dealkylation sites (tertiary alicyclic amines) is 1. The van der Waals surface area contributed by atoms with Crippen molar-refractivity contribution in [3.63, 3.8) is 0 Å². The first-order valence-electron chi connectivity index (χ1n) is 8.32. The molecule has 1 amide bonds. The van der Waals surface area contributed by atoms with E-state index in [1.54, 1.807) is 0 Å². The molecule has 3 rings (SSSR count). The summed E-state index contributed by atoms with van der Waals surface area (Å²) in [7, 11) is -3.18. The van der Waals surface area contributed by atoms with E-state index in [1.165, 1.54) is 6.26 Å². The summed E-state index contributed by atoms with van der Waals surface area (Å²) in [5, 5.41) is 0.704. The Balaban J connectivity index is 1.56. The van der Waals surface area contributed by atoms with Crippen molar-refractivity contribution in [2.75, 3.05) is 25.9 Å². The van der Waals surface area contributed by atoms with E-state index in [0.717, 1.165) is 31.4 Å². The molecule has 0 radical (unpaired) electrons. The van der Waals surface area contributed by atoms with Gasteiger partial charge in [-0.1, -0.05) is 23.7 Å². The molecule has 24 heavy (non-hydrogen) atoms. The van der Waals surface area contributed by atoms with Gasteiger partial charge >= 0.3 is 0 Å². The smallest absolute Gasteiger partial charge is 0.226 e. The van der Waals surface area contributed by atoms with Gasteiger partial charge in [0.2, 0.25) is 15.9 Å². The van der Waals surface area contributed by atoms with Crippen molar-refractivity contribution in [1.82, 2.24) is 9.62 Å². The first kappa shape index (κ1) is 17.7. The van der Waals surface area contributed by atoms with Gasteiger partial charge in [-0.2, -0.15) is 0 Å². The minimum absolute atomic E-state index is 0.0464. The van der Waals surface area contributed by atoms with Gasteiger partial charge in [0, 0.05) is 30.6 Å².